The van der Waals surface area contributed by atoms with E-state index >= 15 is 0 Å². The van der Waals surface area contributed by atoms with Crippen molar-refractivity contribution in [2.75, 3.05) is 0 Å². The van der Waals surface area contributed by atoms with Crippen molar-refractivity contribution in [3.8, 4) is 0 Å². The Morgan fingerprint density at radius 1 is 1.50 bits per heavy atom. The molecule has 3 N–H and O–H groups in total. The minimum atomic E-state index is -4.64. The topological polar surface area (TPSA) is 77.8 Å². The number of thiol groups is 1. The summed E-state index contributed by atoms with van der Waals surface area (Å²) in [7, 11) is -4.64. The van der Waals surface area contributed by atoms with Gasteiger partial charge in [0, 0.05) is 0 Å². The molecule has 0 atom stereocenters. The average molecular weight is 158 g/mol. The van der Waals surface area contributed by atoms with Gasteiger partial charge >= 0.3 is 7.82 Å². The van der Waals surface area contributed by atoms with Gasteiger partial charge in [-0.1, -0.05) is 6.58 Å². The molecule has 0 aromatic rings. The van der Waals surface area contributed by atoms with Crippen LogP contribution in [-0.2, 0) is 4.57 Å². The van der Waals surface area contributed by atoms with E-state index in [0.717, 1.165) is 0 Å². The molecule has 0 heterocycles. The van der Waals surface area contributed by atoms with Crippen LogP contribution in [0.3, 0.4) is 0 Å². The molecule has 0 amide bonds. The van der Waals surface area contributed by atoms with Gasteiger partial charge in [-0.25, -0.2) is 4.57 Å². The molecule has 0 radical (unpaired) electrons. The zero-order chi connectivity index (χ0) is 7.21. The van der Waals surface area contributed by atoms with Gasteiger partial charge in [0.05, 0.1) is 0 Å². The van der Waals surface area contributed by atoms with Crippen molar-refractivity contribution in [3.05, 3.63) is 12.0 Å². The molecule has 0 saturated carbocycles. The summed E-state index contributed by atoms with van der Waals surface area (Å²) in [5, 5.41) is 1.44. The summed E-state index contributed by atoms with van der Waals surface area (Å²) in [6.45, 7) is 3.23. The zero-order valence-electron chi connectivity index (χ0n) is 3.93. The van der Waals surface area contributed by atoms with Gasteiger partial charge in [-0.3, -0.25) is 0 Å². The predicted molar refractivity (Wildman–Crippen MR) is 33.4 cm³/mol. The van der Waals surface area contributed by atoms with Crippen molar-refractivity contribution in [1.29, 1.82) is 0 Å². The van der Waals surface area contributed by atoms with Crippen LogP contribution >= 0.6 is 20.5 Å². The highest BCUT2D eigenvalue weighted by Crippen LogP contribution is 2.25. The Hall–Kier alpha value is 0.200. The van der Waals surface area contributed by atoms with Crippen molar-refractivity contribution in [2.45, 2.75) is 0 Å². The Labute approximate surface area is 52.5 Å². The normalized spacial score (nSPS) is 9.00. The molecule has 0 aliphatic carbocycles. The first-order valence-electron chi connectivity index (χ1n) is 1.45. The van der Waals surface area contributed by atoms with Crippen molar-refractivity contribution < 1.29 is 19.2 Å². The standard InChI is InChI=1S/C2H4S.H3O4P/c1-2-3;1-5(2,3)4/h2-3H,1H2;(H3,1,2,3,4). The van der Waals surface area contributed by atoms with Crippen LogP contribution in [0.15, 0.2) is 12.0 Å². The molecule has 6 heteroatoms. The van der Waals surface area contributed by atoms with E-state index in [9.17, 15) is 0 Å². The van der Waals surface area contributed by atoms with Crippen LogP contribution in [0.2, 0.25) is 0 Å². The summed E-state index contributed by atoms with van der Waals surface area (Å²) in [6, 6.07) is 0. The zero-order valence-corrected chi connectivity index (χ0v) is 5.72. The molecule has 0 fully saturated rings. The Balaban J connectivity index is 0. The molecule has 0 aliphatic heterocycles. The minimum absolute atomic E-state index is 1.44. The molecule has 0 bridgehead atoms. The first kappa shape index (κ1) is 11.1. The minimum Gasteiger partial charge on any atom is -0.303 e. The smallest absolute Gasteiger partial charge is 0.303 e. The van der Waals surface area contributed by atoms with E-state index in [-0.39, 0.29) is 0 Å². The summed E-state index contributed by atoms with van der Waals surface area (Å²) in [5.41, 5.74) is 0. The largest absolute Gasteiger partial charge is 0.466 e. The lowest BCUT2D eigenvalue weighted by atomic mass is 11.3. The van der Waals surface area contributed by atoms with Crippen molar-refractivity contribution >= 4 is 20.5 Å². The Kier molecular flexibility index (Phi) is 7.38. The van der Waals surface area contributed by atoms with E-state index < -0.39 is 7.82 Å². The highest BCUT2D eigenvalue weighted by molar-refractivity contribution is 7.83. The van der Waals surface area contributed by atoms with Gasteiger partial charge in [-0.2, -0.15) is 12.6 Å². The summed E-state index contributed by atoms with van der Waals surface area (Å²) in [6.07, 6.45) is 0. The average Bonchev–Trinajstić information content (AvgIpc) is 1.27. The molecular formula is C2H7O4PS. The summed E-state index contributed by atoms with van der Waals surface area (Å²) in [4.78, 5) is 21.6. The van der Waals surface area contributed by atoms with Gasteiger partial charge in [0.2, 0.25) is 0 Å². The van der Waals surface area contributed by atoms with E-state index in [2.05, 4.69) is 19.2 Å². The molecule has 0 spiro atoms. The molecule has 0 aromatic carbocycles. The fourth-order valence-electron chi connectivity index (χ4n) is 0. The molecule has 0 saturated heterocycles. The fourth-order valence-corrected chi connectivity index (χ4v) is 0. The van der Waals surface area contributed by atoms with Gasteiger partial charge in [0.25, 0.3) is 0 Å². The Morgan fingerprint density at radius 2 is 1.50 bits per heavy atom. The van der Waals surface area contributed by atoms with E-state index in [1.165, 1.54) is 5.41 Å². The second-order valence-corrected chi connectivity index (χ2v) is 2.09. The van der Waals surface area contributed by atoms with Gasteiger partial charge in [-0.15, -0.1) is 0 Å². The van der Waals surface area contributed by atoms with Crippen LogP contribution in [-0.4, -0.2) is 14.7 Å². The van der Waals surface area contributed by atoms with Crippen molar-refractivity contribution in [1.82, 2.24) is 0 Å². The Morgan fingerprint density at radius 3 is 1.50 bits per heavy atom. The SMILES string of the molecule is C=CS.O=P(O)(O)O. The molecule has 0 aliphatic rings. The Bertz CT molecular complexity index is 87.9. The van der Waals surface area contributed by atoms with Gasteiger partial charge in [-0.05, 0) is 5.41 Å². The van der Waals surface area contributed by atoms with Crippen LogP contribution in [0.1, 0.15) is 0 Å². The maximum Gasteiger partial charge on any atom is 0.466 e. The van der Waals surface area contributed by atoms with Crippen molar-refractivity contribution in [3.63, 3.8) is 0 Å². The van der Waals surface area contributed by atoms with Crippen LogP contribution in [0, 0.1) is 0 Å². The first-order valence-corrected chi connectivity index (χ1v) is 3.53. The maximum absolute atomic E-state index is 8.88. The van der Waals surface area contributed by atoms with Gasteiger partial charge in [0.1, 0.15) is 0 Å². The maximum atomic E-state index is 8.88. The van der Waals surface area contributed by atoms with Crippen molar-refractivity contribution in [2.24, 2.45) is 0 Å². The first-order chi connectivity index (χ1) is 3.41. The second-order valence-electron chi connectivity index (χ2n) is 0.696. The highest BCUT2D eigenvalue weighted by Gasteiger charge is 2.00. The molecule has 50 valence electrons. The third-order valence-electron chi connectivity index (χ3n) is 0. The van der Waals surface area contributed by atoms with E-state index in [1.54, 1.807) is 0 Å². The van der Waals surface area contributed by atoms with E-state index in [0.29, 0.717) is 0 Å². The molecular weight excluding hydrogens is 151 g/mol. The number of rotatable bonds is 0. The monoisotopic (exact) mass is 158 g/mol. The van der Waals surface area contributed by atoms with Crippen LogP contribution in [0.4, 0.5) is 0 Å². The van der Waals surface area contributed by atoms with E-state index in [1.807, 2.05) is 0 Å². The molecule has 0 unspecified atom stereocenters. The summed E-state index contributed by atoms with van der Waals surface area (Å²) in [5.74, 6) is 0. The van der Waals surface area contributed by atoms with Crippen LogP contribution in [0.5, 0.6) is 0 Å². The molecule has 4 nitrogen and oxygen atoms in total. The number of hydrogen-bond donors (Lipinski definition) is 4. The quantitative estimate of drug-likeness (QED) is 0.298. The lowest BCUT2D eigenvalue weighted by molar-refractivity contribution is 0.275. The number of hydrogen-bond acceptors (Lipinski definition) is 2. The van der Waals surface area contributed by atoms with Crippen LogP contribution < -0.4 is 0 Å². The lowest BCUT2D eigenvalue weighted by Gasteiger charge is -1.82. The molecule has 0 aromatic heterocycles. The van der Waals surface area contributed by atoms with Gasteiger partial charge < -0.3 is 14.7 Å². The fraction of sp³-hybridized carbons (Fsp3) is 0. The summed E-state index contributed by atoms with van der Waals surface area (Å²) < 4.78 is 8.88. The molecule has 0 rings (SSSR count). The lowest BCUT2D eigenvalue weighted by Crippen LogP contribution is -1.66. The third-order valence-corrected chi connectivity index (χ3v) is 0. The highest BCUT2D eigenvalue weighted by atomic mass is 32.1. The third kappa shape index (κ3) is 4190. The number of phosphoric acid groups is 1. The molecule has 8 heavy (non-hydrogen) atoms. The van der Waals surface area contributed by atoms with Crippen LogP contribution in [0.25, 0.3) is 0 Å². The second kappa shape index (κ2) is 5.34. The van der Waals surface area contributed by atoms with E-state index in [4.69, 9.17) is 19.2 Å². The van der Waals surface area contributed by atoms with Gasteiger partial charge in [0.15, 0.2) is 0 Å². The summed E-state index contributed by atoms with van der Waals surface area (Å²) >= 11 is 3.55. The predicted octanol–water partition coefficient (Wildman–Crippen LogP) is 0.131.